The first-order valence-electron chi connectivity index (χ1n) is 7.08. The summed E-state index contributed by atoms with van der Waals surface area (Å²) in [5.74, 6) is 1.66. The lowest BCUT2D eigenvalue weighted by Gasteiger charge is -2.09. The van der Waals surface area contributed by atoms with Crippen LogP contribution in [-0.2, 0) is 19.6 Å². The van der Waals surface area contributed by atoms with Crippen molar-refractivity contribution in [2.24, 2.45) is 0 Å². The molecule has 5 nitrogen and oxygen atoms in total. The van der Waals surface area contributed by atoms with E-state index in [0.717, 1.165) is 42.9 Å². The Bertz CT molecular complexity index is 595. The van der Waals surface area contributed by atoms with E-state index in [1.54, 1.807) is 6.33 Å². The first-order chi connectivity index (χ1) is 9.78. The van der Waals surface area contributed by atoms with Gasteiger partial charge in [-0.3, -0.25) is 0 Å². The summed E-state index contributed by atoms with van der Waals surface area (Å²) in [6, 6.07) is 5.89. The number of ether oxygens (including phenoxy) is 1. The molecule has 3 rings (SSSR count). The molecule has 20 heavy (non-hydrogen) atoms. The number of rotatable bonds is 5. The topological polar surface area (TPSA) is 60.2 Å². The summed E-state index contributed by atoms with van der Waals surface area (Å²) in [4.78, 5) is 4.22. The van der Waals surface area contributed by atoms with Gasteiger partial charge in [0.1, 0.15) is 18.7 Å². The van der Waals surface area contributed by atoms with E-state index in [1.165, 1.54) is 5.56 Å². The van der Waals surface area contributed by atoms with Gasteiger partial charge in [0.15, 0.2) is 5.82 Å². The number of hydrogen-bond donors (Lipinski definition) is 1. The molecule has 0 saturated carbocycles. The van der Waals surface area contributed by atoms with Gasteiger partial charge >= 0.3 is 0 Å². The van der Waals surface area contributed by atoms with E-state index in [9.17, 15) is 5.11 Å². The molecule has 2 aromatic rings. The van der Waals surface area contributed by atoms with Crippen LogP contribution in [0.3, 0.4) is 0 Å². The summed E-state index contributed by atoms with van der Waals surface area (Å²) < 4.78 is 7.67. The van der Waals surface area contributed by atoms with Crippen LogP contribution in [0, 0.1) is 0 Å². The minimum Gasteiger partial charge on any atom is -0.486 e. The largest absolute Gasteiger partial charge is 0.486 e. The van der Waals surface area contributed by atoms with Crippen LogP contribution >= 0.6 is 0 Å². The molecule has 0 saturated heterocycles. The Balaban J connectivity index is 1.68. The highest BCUT2D eigenvalue weighted by atomic mass is 16.5. The van der Waals surface area contributed by atoms with Crippen molar-refractivity contribution in [1.82, 2.24) is 14.8 Å². The van der Waals surface area contributed by atoms with Gasteiger partial charge in [0.05, 0.1) is 6.10 Å². The summed E-state index contributed by atoms with van der Waals surface area (Å²) in [5, 5.41) is 14.0. The fourth-order valence-electron chi connectivity index (χ4n) is 2.61. The Morgan fingerprint density at radius 1 is 1.45 bits per heavy atom. The second-order valence-corrected chi connectivity index (χ2v) is 5.10. The average molecular weight is 273 g/mol. The molecular weight excluding hydrogens is 254 g/mol. The third-order valence-electron chi connectivity index (χ3n) is 3.66. The van der Waals surface area contributed by atoms with E-state index in [4.69, 9.17) is 4.74 Å². The highest BCUT2D eigenvalue weighted by Gasteiger charge is 2.20. The van der Waals surface area contributed by atoms with Gasteiger partial charge in [0, 0.05) is 6.54 Å². The van der Waals surface area contributed by atoms with E-state index in [1.807, 2.05) is 22.9 Å². The van der Waals surface area contributed by atoms with E-state index >= 15 is 0 Å². The van der Waals surface area contributed by atoms with E-state index in [-0.39, 0.29) is 6.10 Å². The van der Waals surface area contributed by atoms with Gasteiger partial charge in [-0.25, -0.2) is 9.67 Å². The lowest BCUT2D eigenvalue weighted by Crippen LogP contribution is -2.08. The fourth-order valence-corrected chi connectivity index (χ4v) is 2.61. The third-order valence-corrected chi connectivity index (χ3v) is 3.66. The van der Waals surface area contributed by atoms with Gasteiger partial charge in [-0.1, -0.05) is 13.0 Å². The summed E-state index contributed by atoms with van der Waals surface area (Å²) in [6.45, 7) is 3.38. The maximum Gasteiger partial charge on any atom is 0.164 e. The van der Waals surface area contributed by atoms with Crippen molar-refractivity contribution in [3.05, 3.63) is 41.5 Å². The molecule has 1 N–H and O–H groups in total. The van der Waals surface area contributed by atoms with Gasteiger partial charge in [-0.05, 0) is 42.5 Å². The lowest BCUT2D eigenvalue weighted by molar-refractivity contribution is 0.180. The van der Waals surface area contributed by atoms with Crippen LogP contribution in [0.25, 0.3) is 0 Å². The second-order valence-electron chi connectivity index (χ2n) is 5.10. The second kappa shape index (κ2) is 5.63. The van der Waals surface area contributed by atoms with Gasteiger partial charge in [0.25, 0.3) is 0 Å². The van der Waals surface area contributed by atoms with Crippen molar-refractivity contribution in [1.29, 1.82) is 0 Å². The highest BCUT2D eigenvalue weighted by molar-refractivity contribution is 5.39. The molecule has 0 fully saturated rings. The molecule has 1 aliphatic carbocycles. The molecule has 1 unspecified atom stereocenters. The lowest BCUT2D eigenvalue weighted by atomic mass is 10.1. The van der Waals surface area contributed by atoms with Crippen LogP contribution in [0.5, 0.6) is 5.75 Å². The fraction of sp³-hybridized carbons (Fsp3) is 0.467. The number of nitrogens with zero attached hydrogens (tertiary/aromatic N) is 3. The summed E-state index contributed by atoms with van der Waals surface area (Å²) in [5.41, 5.74) is 2.22. The van der Waals surface area contributed by atoms with E-state index in [2.05, 4.69) is 17.0 Å². The maximum atomic E-state index is 9.79. The summed E-state index contributed by atoms with van der Waals surface area (Å²) in [7, 11) is 0. The van der Waals surface area contributed by atoms with Crippen LogP contribution in [0.4, 0.5) is 0 Å². The van der Waals surface area contributed by atoms with Crippen LogP contribution in [0.1, 0.15) is 42.8 Å². The Morgan fingerprint density at radius 3 is 3.20 bits per heavy atom. The Labute approximate surface area is 118 Å². The van der Waals surface area contributed by atoms with Gasteiger partial charge in [0.2, 0.25) is 0 Å². The first kappa shape index (κ1) is 13.1. The normalized spacial score (nSPS) is 17.2. The number of aliphatic hydroxyl groups excluding tert-OH is 1. The van der Waals surface area contributed by atoms with Crippen molar-refractivity contribution in [2.45, 2.75) is 45.4 Å². The SMILES string of the molecule is CCCn1ncnc1COc1ccc2c(c1)CCC2O. The van der Waals surface area contributed by atoms with Gasteiger partial charge in [-0.15, -0.1) is 0 Å². The van der Waals surface area contributed by atoms with Crippen LogP contribution in [-0.4, -0.2) is 19.9 Å². The predicted molar refractivity (Wildman–Crippen MR) is 74.4 cm³/mol. The predicted octanol–water partition coefficient (Wildman–Crippen LogP) is 2.25. The summed E-state index contributed by atoms with van der Waals surface area (Å²) in [6.07, 6.45) is 4.00. The number of aryl methyl sites for hydroxylation is 2. The average Bonchev–Trinajstić information content (AvgIpc) is 3.04. The number of hydrogen-bond acceptors (Lipinski definition) is 4. The molecule has 0 bridgehead atoms. The van der Waals surface area contributed by atoms with Gasteiger partial charge < -0.3 is 9.84 Å². The number of aromatic nitrogens is 3. The quantitative estimate of drug-likeness (QED) is 0.907. The zero-order valence-corrected chi connectivity index (χ0v) is 11.6. The van der Waals surface area contributed by atoms with Crippen LogP contribution < -0.4 is 4.74 Å². The highest BCUT2D eigenvalue weighted by Crippen LogP contribution is 2.33. The number of fused-ring (bicyclic) bond motifs is 1. The van der Waals surface area contributed by atoms with E-state index < -0.39 is 0 Å². The Morgan fingerprint density at radius 2 is 2.35 bits per heavy atom. The minimum absolute atomic E-state index is 0.313. The van der Waals surface area contributed by atoms with Crippen molar-refractivity contribution < 1.29 is 9.84 Å². The van der Waals surface area contributed by atoms with Gasteiger partial charge in [-0.2, -0.15) is 5.10 Å². The van der Waals surface area contributed by atoms with E-state index in [0.29, 0.717) is 6.61 Å². The van der Waals surface area contributed by atoms with Crippen LogP contribution in [0.2, 0.25) is 0 Å². The van der Waals surface area contributed by atoms with Crippen molar-refractivity contribution in [3.8, 4) is 5.75 Å². The zero-order chi connectivity index (χ0) is 13.9. The zero-order valence-electron chi connectivity index (χ0n) is 11.6. The molecule has 1 aromatic heterocycles. The molecule has 0 aliphatic heterocycles. The molecule has 0 radical (unpaired) electrons. The van der Waals surface area contributed by atoms with Crippen LogP contribution in [0.15, 0.2) is 24.5 Å². The smallest absolute Gasteiger partial charge is 0.164 e. The van der Waals surface area contributed by atoms with Crippen molar-refractivity contribution in [2.75, 3.05) is 0 Å². The monoisotopic (exact) mass is 273 g/mol. The number of benzene rings is 1. The molecule has 0 spiro atoms. The Kier molecular flexibility index (Phi) is 3.69. The molecule has 1 heterocycles. The molecule has 0 amide bonds. The van der Waals surface area contributed by atoms with Crippen molar-refractivity contribution in [3.63, 3.8) is 0 Å². The minimum atomic E-state index is -0.313. The standard InChI is InChI=1S/C15H19N3O2/c1-2-7-18-15(16-10-17-18)9-20-12-4-5-13-11(8-12)3-6-14(13)19/h4-5,8,10,14,19H,2-3,6-7,9H2,1H3. The molecule has 5 heteroatoms. The Hall–Kier alpha value is -1.88. The number of aliphatic hydroxyl groups is 1. The molecule has 1 atom stereocenters. The molecule has 1 aliphatic rings. The molecule has 106 valence electrons. The molecule has 1 aromatic carbocycles. The third kappa shape index (κ3) is 2.54. The summed E-state index contributed by atoms with van der Waals surface area (Å²) >= 11 is 0. The maximum absolute atomic E-state index is 9.79. The van der Waals surface area contributed by atoms with Crippen molar-refractivity contribution >= 4 is 0 Å². The first-order valence-corrected chi connectivity index (χ1v) is 7.08. The molecular formula is C15H19N3O2.